The van der Waals surface area contributed by atoms with Gasteiger partial charge in [-0.25, -0.2) is 4.79 Å². The molecule has 0 amide bonds. The maximum atomic E-state index is 13.0. The van der Waals surface area contributed by atoms with Crippen molar-refractivity contribution in [3.05, 3.63) is 65.2 Å². The van der Waals surface area contributed by atoms with Crippen LogP contribution in [0.5, 0.6) is 11.5 Å². The SMILES string of the molecule is COc1cc(C(=O)/C=C/c2ccccc2C(F)(F)F)ccc1OCC(=O)O. The molecule has 0 bridgehead atoms. The van der Waals surface area contributed by atoms with Gasteiger partial charge in [0.2, 0.25) is 0 Å². The topological polar surface area (TPSA) is 72.8 Å². The number of alkyl halides is 3. The zero-order valence-electron chi connectivity index (χ0n) is 14.1. The van der Waals surface area contributed by atoms with Crippen molar-refractivity contribution in [3.8, 4) is 11.5 Å². The van der Waals surface area contributed by atoms with Crippen LogP contribution >= 0.6 is 0 Å². The summed E-state index contributed by atoms with van der Waals surface area (Å²) in [5, 5.41) is 8.63. The third kappa shape index (κ3) is 5.34. The van der Waals surface area contributed by atoms with Crippen LogP contribution in [0.15, 0.2) is 48.5 Å². The Morgan fingerprint density at radius 2 is 1.81 bits per heavy atom. The molecule has 8 heteroatoms. The predicted octanol–water partition coefficient (Wildman–Crippen LogP) is 4.07. The molecule has 0 aliphatic heterocycles. The number of carbonyl (C=O) groups excluding carboxylic acids is 1. The van der Waals surface area contributed by atoms with Gasteiger partial charge < -0.3 is 14.6 Å². The van der Waals surface area contributed by atoms with Gasteiger partial charge in [-0.2, -0.15) is 13.2 Å². The molecule has 5 nitrogen and oxygen atoms in total. The second-order valence-corrected chi connectivity index (χ2v) is 5.33. The molecule has 0 aliphatic carbocycles. The summed E-state index contributed by atoms with van der Waals surface area (Å²) in [5.41, 5.74) is -0.828. The summed E-state index contributed by atoms with van der Waals surface area (Å²) in [6.07, 6.45) is -2.42. The van der Waals surface area contributed by atoms with Gasteiger partial charge in [0, 0.05) is 5.56 Å². The maximum Gasteiger partial charge on any atom is 0.416 e. The number of carboxylic acid groups (broad SMARTS) is 1. The van der Waals surface area contributed by atoms with Crippen LogP contribution in [0.3, 0.4) is 0 Å². The number of benzene rings is 2. The highest BCUT2D eigenvalue weighted by molar-refractivity contribution is 6.07. The molecule has 0 aliphatic rings. The molecule has 0 heterocycles. The number of methoxy groups -OCH3 is 1. The van der Waals surface area contributed by atoms with Gasteiger partial charge in [-0.05, 0) is 35.9 Å². The first-order valence-electron chi connectivity index (χ1n) is 7.63. The fourth-order valence-corrected chi connectivity index (χ4v) is 2.24. The van der Waals surface area contributed by atoms with E-state index in [0.29, 0.717) is 0 Å². The van der Waals surface area contributed by atoms with Crippen molar-refractivity contribution in [3.63, 3.8) is 0 Å². The van der Waals surface area contributed by atoms with E-state index in [-0.39, 0.29) is 22.6 Å². The van der Waals surface area contributed by atoms with E-state index < -0.39 is 30.1 Å². The van der Waals surface area contributed by atoms with Crippen molar-refractivity contribution >= 4 is 17.8 Å². The van der Waals surface area contributed by atoms with Gasteiger partial charge >= 0.3 is 12.1 Å². The van der Waals surface area contributed by atoms with Gasteiger partial charge in [0.25, 0.3) is 0 Å². The van der Waals surface area contributed by atoms with Crippen LogP contribution in [-0.2, 0) is 11.0 Å². The number of ketones is 1. The van der Waals surface area contributed by atoms with Gasteiger partial charge in [-0.15, -0.1) is 0 Å². The van der Waals surface area contributed by atoms with Gasteiger partial charge in [-0.3, -0.25) is 4.79 Å². The minimum Gasteiger partial charge on any atom is -0.493 e. The van der Waals surface area contributed by atoms with Gasteiger partial charge in [0.1, 0.15) is 0 Å². The Kier molecular flexibility index (Phi) is 6.23. The van der Waals surface area contributed by atoms with Crippen molar-refractivity contribution in [2.75, 3.05) is 13.7 Å². The molecule has 0 unspecified atom stereocenters. The quantitative estimate of drug-likeness (QED) is 0.579. The number of aliphatic carboxylic acids is 1. The molecule has 0 aromatic heterocycles. The Morgan fingerprint density at radius 1 is 1.11 bits per heavy atom. The van der Waals surface area contributed by atoms with Crippen LogP contribution in [0.25, 0.3) is 6.08 Å². The van der Waals surface area contributed by atoms with Crippen molar-refractivity contribution in [2.24, 2.45) is 0 Å². The first-order valence-corrected chi connectivity index (χ1v) is 7.63. The number of allylic oxidation sites excluding steroid dienone is 1. The largest absolute Gasteiger partial charge is 0.493 e. The fourth-order valence-electron chi connectivity index (χ4n) is 2.24. The number of hydrogen-bond acceptors (Lipinski definition) is 4. The van der Waals surface area contributed by atoms with E-state index in [0.717, 1.165) is 18.2 Å². The summed E-state index contributed by atoms with van der Waals surface area (Å²) >= 11 is 0. The first kappa shape index (κ1) is 20.0. The van der Waals surface area contributed by atoms with Crippen LogP contribution in [-0.4, -0.2) is 30.6 Å². The molecule has 0 saturated carbocycles. The van der Waals surface area contributed by atoms with Crippen LogP contribution < -0.4 is 9.47 Å². The fraction of sp³-hybridized carbons (Fsp3) is 0.158. The summed E-state index contributed by atoms with van der Waals surface area (Å²) in [7, 11) is 1.31. The molecule has 1 N–H and O–H groups in total. The molecule has 2 rings (SSSR count). The molecular formula is C19H15F3O5. The molecule has 0 radical (unpaired) electrons. The number of carboxylic acids is 1. The Bertz CT molecular complexity index is 872. The Balaban J connectivity index is 2.24. The van der Waals surface area contributed by atoms with E-state index in [1.54, 1.807) is 0 Å². The molecule has 142 valence electrons. The number of hydrogen-bond donors (Lipinski definition) is 1. The molecular weight excluding hydrogens is 365 g/mol. The Morgan fingerprint density at radius 3 is 2.44 bits per heavy atom. The molecule has 0 saturated heterocycles. The van der Waals surface area contributed by atoms with Crippen LogP contribution in [0.4, 0.5) is 13.2 Å². The lowest BCUT2D eigenvalue weighted by molar-refractivity contribution is -0.139. The molecule has 0 atom stereocenters. The highest BCUT2D eigenvalue weighted by atomic mass is 19.4. The average molecular weight is 380 g/mol. The van der Waals surface area contributed by atoms with Crippen molar-refractivity contribution in [1.82, 2.24) is 0 Å². The molecule has 2 aromatic rings. The number of rotatable bonds is 7. The van der Waals surface area contributed by atoms with Crippen LogP contribution in [0.2, 0.25) is 0 Å². The number of ether oxygens (including phenoxy) is 2. The molecule has 2 aromatic carbocycles. The second kappa shape index (κ2) is 8.39. The zero-order chi connectivity index (χ0) is 20.0. The maximum absolute atomic E-state index is 13.0. The van der Waals surface area contributed by atoms with Gasteiger partial charge in [0.05, 0.1) is 12.7 Å². The summed E-state index contributed by atoms with van der Waals surface area (Å²) < 4.78 is 49.0. The monoisotopic (exact) mass is 380 g/mol. The van der Waals surface area contributed by atoms with Gasteiger partial charge in [0.15, 0.2) is 23.9 Å². The standard InChI is InChI=1S/C19H15F3O5/c1-26-17-10-13(7-9-16(17)27-11-18(24)25)15(23)8-6-12-4-2-3-5-14(12)19(20,21)22/h2-10H,11H2,1H3,(H,24,25)/b8-6+. The van der Waals surface area contributed by atoms with E-state index in [4.69, 9.17) is 14.6 Å². The minimum absolute atomic E-state index is 0.128. The predicted molar refractivity (Wildman–Crippen MR) is 90.9 cm³/mol. The number of halogens is 3. The van der Waals surface area contributed by atoms with Crippen molar-refractivity contribution in [1.29, 1.82) is 0 Å². The lowest BCUT2D eigenvalue weighted by Gasteiger charge is -2.10. The summed E-state index contributed by atoms with van der Waals surface area (Å²) in [5.74, 6) is -1.47. The van der Waals surface area contributed by atoms with E-state index in [2.05, 4.69) is 0 Å². The Labute approximate surface area is 152 Å². The van der Waals surface area contributed by atoms with Crippen LogP contribution in [0, 0.1) is 0 Å². The highest BCUT2D eigenvalue weighted by Gasteiger charge is 2.32. The summed E-state index contributed by atoms with van der Waals surface area (Å²) in [6.45, 7) is -0.586. The smallest absolute Gasteiger partial charge is 0.416 e. The first-order chi connectivity index (χ1) is 12.7. The normalized spacial score (nSPS) is 11.4. The van der Waals surface area contributed by atoms with E-state index in [9.17, 15) is 22.8 Å². The molecule has 0 fully saturated rings. The Hall–Kier alpha value is -3.29. The van der Waals surface area contributed by atoms with E-state index in [1.165, 1.54) is 43.5 Å². The lowest BCUT2D eigenvalue weighted by Crippen LogP contribution is -2.10. The number of carbonyl (C=O) groups is 2. The average Bonchev–Trinajstić information content (AvgIpc) is 2.63. The zero-order valence-corrected chi connectivity index (χ0v) is 14.1. The molecule has 27 heavy (non-hydrogen) atoms. The summed E-state index contributed by atoms with van der Waals surface area (Å²) in [4.78, 5) is 22.8. The highest BCUT2D eigenvalue weighted by Crippen LogP contribution is 2.32. The lowest BCUT2D eigenvalue weighted by atomic mass is 10.0. The van der Waals surface area contributed by atoms with E-state index in [1.807, 2.05) is 0 Å². The van der Waals surface area contributed by atoms with Crippen molar-refractivity contribution in [2.45, 2.75) is 6.18 Å². The third-order valence-corrected chi connectivity index (χ3v) is 3.48. The van der Waals surface area contributed by atoms with E-state index >= 15 is 0 Å². The minimum atomic E-state index is -4.53. The third-order valence-electron chi connectivity index (χ3n) is 3.48. The van der Waals surface area contributed by atoms with Gasteiger partial charge in [-0.1, -0.05) is 24.3 Å². The molecule has 0 spiro atoms. The van der Waals surface area contributed by atoms with Crippen LogP contribution in [0.1, 0.15) is 21.5 Å². The summed E-state index contributed by atoms with van der Waals surface area (Å²) in [6, 6.07) is 8.94. The second-order valence-electron chi connectivity index (χ2n) is 5.33. The van der Waals surface area contributed by atoms with Crippen molar-refractivity contribution < 1.29 is 37.3 Å².